The number of aromatic nitrogens is 2. The molecule has 1 fully saturated rings. The van der Waals surface area contributed by atoms with Crippen molar-refractivity contribution in [2.24, 2.45) is 0 Å². The van der Waals surface area contributed by atoms with Crippen LogP contribution in [0.3, 0.4) is 0 Å². The normalized spacial score (nSPS) is 19.3. The zero-order valence-electron chi connectivity index (χ0n) is 12.5. The monoisotopic (exact) mass is 360 g/mol. The maximum atomic E-state index is 13.8. The zero-order valence-corrected chi connectivity index (χ0v) is 14.1. The first-order valence-electron chi connectivity index (χ1n) is 7.02. The molecule has 1 aliphatic rings. The van der Waals surface area contributed by atoms with Crippen molar-refractivity contribution in [1.82, 2.24) is 19.4 Å². The number of benzene rings is 1. The molecule has 1 aliphatic heterocycles. The molecule has 2 heterocycles. The number of para-hydroxylation sites is 1. The second-order valence-electron chi connectivity index (χ2n) is 5.24. The van der Waals surface area contributed by atoms with Gasteiger partial charge < -0.3 is 5.32 Å². The van der Waals surface area contributed by atoms with Crippen molar-refractivity contribution < 1.29 is 12.8 Å². The van der Waals surface area contributed by atoms with Crippen molar-refractivity contribution in [2.45, 2.75) is 17.9 Å². The first-order chi connectivity index (χ1) is 10.5. The van der Waals surface area contributed by atoms with E-state index in [9.17, 15) is 12.8 Å². The number of halogens is 2. The second-order valence-corrected chi connectivity index (χ2v) is 7.13. The van der Waals surface area contributed by atoms with Crippen LogP contribution in [0, 0.1) is 5.82 Å². The van der Waals surface area contributed by atoms with Gasteiger partial charge in [-0.15, -0.1) is 12.4 Å². The Bertz CT molecular complexity index is 781. The van der Waals surface area contributed by atoms with Gasteiger partial charge in [-0.2, -0.15) is 9.40 Å². The molecule has 1 N–H and O–H groups in total. The van der Waals surface area contributed by atoms with Crippen LogP contribution in [0.4, 0.5) is 4.39 Å². The average Bonchev–Trinajstić information content (AvgIpc) is 2.98. The highest BCUT2D eigenvalue weighted by molar-refractivity contribution is 7.89. The van der Waals surface area contributed by atoms with Crippen LogP contribution in [-0.4, -0.2) is 48.2 Å². The van der Waals surface area contributed by atoms with Crippen LogP contribution in [0.25, 0.3) is 5.69 Å². The number of piperazine rings is 1. The minimum atomic E-state index is -3.62. The van der Waals surface area contributed by atoms with Gasteiger partial charge in [0.1, 0.15) is 16.4 Å². The molecule has 0 bridgehead atoms. The van der Waals surface area contributed by atoms with Crippen molar-refractivity contribution in [3.05, 3.63) is 42.5 Å². The van der Waals surface area contributed by atoms with Crippen LogP contribution in [0.5, 0.6) is 0 Å². The van der Waals surface area contributed by atoms with E-state index >= 15 is 0 Å². The molecule has 0 saturated carbocycles. The van der Waals surface area contributed by atoms with E-state index < -0.39 is 15.8 Å². The van der Waals surface area contributed by atoms with Crippen LogP contribution in [-0.2, 0) is 10.0 Å². The van der Waals surface area contributed by atoms with E-state index in [0.717, 1.165) is 0 Å². The van der Waals surface area contributed by atoms with E-state index in [1.165, 1.54) is 27.4 Å². The Morgan fingerprint density at radius 1 is 1.35 bits per heavy atom. The summed E-state index contributed by atoms with van der Waals surface area (Å²) in [5.74, 6) is -0.454. The third-order valence-electron chi connectivity index (χ3n) is 3.71. The molecule has 1 aromatic heterocycles. The Morgan fingerprint density at radius 3 is 2.78 bits per heavy atom. The zero-order chi connectivity index (χ0) is 15.7. The second kappa shape index (κ2) is 6.96. The van der Waals surface area contributed by atoms with Crippen molar-refractivity contribution >= 4 is 22.4 Å². The van der Waals surface area contributed by atoms with Crippen LogP contribution in [0.15, 0.2) is 41.6 Å². The lowest BCUT2D eigenvalue weighted by atomic mass is 10.3. The van der Waals surface area contributed by atoms with E-state index in [1.807, 2.05) is 6.92 Å². The van der Waals surface area contributed by atoms with Gasteiger partial charge in [-0.05, 0) is 19.1 Å². The number of hydrogen-bond donors (Lipinski definition) is 1. The summed E-state index contributed by atoms with van der Waals surface area (Å²) in [7, 11) is -3.62. The fourth-order valence-corrected chi connectivity index (χ4v) is 4.09. The molecule has 1 saturated heterocycles. The molecular weight excluding hydrogens is 343 g/mol. The fourth-order valence-electron chi connectivity index (χ4n) is 2.52. The van der Waals surface area contributed by atoms with E-state index in [-0.39, 0.29) is 29.0 Å². The molecule has 0 radical (unpaired) electrons. The fraction of sp³-hybridized carbons (Fsp3) is 0.357. The van der Waals surface area contributed by atoms with E-state index in [4.69, 9.17) is 0 Å². The summed E-state index contributed by atoms with van der Waals surface area (Å²) in [4.78, 5) is 0.0736. The van der Waals surface area contributed by atoms with Gasteiger partial charge in [-0.1, -0.05) is 12.1 Å². The molecule has 23 heavy (non-hydrogen) atoms. The molecule has 6 nitrogen and oxygen atoms in total. The average molecular weight is 361 g/mol. The third kappa shape index (κ3) is 3.40. The number of nitrogens with zero attached hydrogens (tertiary/aromatic N) is 3. The summed E-state index contributed by atoms with van der Waals surface area (Å²) in [5, 5.41) is 7.14. The Labute approximate surface area is 140 Å². The summed E-state index contributed by atoms with van der Waals surface area (Å²) in [6, 6.07) is 5.97. The Morgan fingerprint density at radius 2 is 2.09 bits per heavy atom. The van der Waals surface area contributed by atoms with Gasteiger partial charge in [-0.3, -0.25) is 0 Å². The van der Waals surface area contributed by atoms with Crippen molar-refractivity contribution in [3.63, 3.8) is 0 Å². The van der Waals surface area contributed by atoms with Gasteiger partial charge in [0.2, 0.25) is 10.0 Å². The highest BCUT2D eigenvalue weighted by Crippen LogP contribution is 2.20. The maximum Gasteiger partial charge on any atom is 0.246 e. The van der Waals surface area contributed by atoms with Gasteiger partial charge >= 0.3 is 0 Å². The lowest BCUT2D eigenvalue weighted by molar-refractivity contribution is 0.284. The Balaban J connectivity index is 0.00000192. The lowest BCUT2D eigenvalue weighted by Gasteiger charge is -2.32. The SMILES string of the molecule is CC1CNCCN1S(=O)(=O)c1cnn(-c2ccccc2F)c1.Cl. The van der Waals surface area contributed by atoms with Gasteiger partial charge in [0.05, 0.1) is 12.4 Å². The van der Waals surface area contributed by atoms with Gasteiger partial charge in [0, 0.05) is 25.7 Å². The van der Waals surface area contributed by atoms with Gasteiger partial charge in [0.15, 0.2) is 0 Å². The number of hydrogen-bond acceptors (Lipinski definition) is 4. The molecule has 2 aromatic rings. The molecule has 1 atom stereocenters. The van der Waals surface area contributed by atoms with Crippen LogP contribution in [0.1, 0.15) is 6.92 Å². The van der Waals surface area contributed by atoms with Crippen molar-refractivity contribution in [1.29, 1.82) is 0 Å². The largest absolute Gasteiger partial charge is 0.314 e. The summed E-state index contributed by atoms with van der Waals surface area (Å²) in [6.07, 6.45) is 2.61. The summed E-state index contributed by atoms with van der Waals surface area (Å²) < 4.78 is 41.8. The summed E-state index contributed by atoms with van der Waals surface area (Å²) in [5.41, 5.74) is 0.220. The van der Waals surface area contributed by atoms with E-state index in [2.05, 4.69) is 10.4 Å². The molecule has 1 aromatic carbocycles. The minimum absolute atomic E-state index is 0. The minimum Gasteiger partial charge on any atom is -0.314 e. The molecule has 1 unspecified atom stereocenters. The predicted molar refractivity (Wildman–Crippen MR) is 87.0 cm³/mol. The molecule has 9 heteroatoms. The standard InChI is InChI=1S/C14H17FN4O2S.ClH/c1-11-8-16-6-7-19(11)22(20,21)12-9-17-18(10-12)14-5-3-2-4-13(14)15;/h2-5,9-11,16H,6-8H2,1H3;1H. The van der Waals surface area contributed by atoms with E-state index in [1.54, 1.807) is 18.2 Å². The maximum absolute atomic E-state index is 13.8. The Hall–Kier alpha value is -1.48. The van der Waals surface area contributed by atoms with Crippen LogP contribution >= 0.6 is 12.4 Å². The lowest BCUT2D eigenvalue weighted by Crippen LogP contribution is -2.52. The van der Waals surface area contributed by atoms with Crippen LogP contribution in [0.2, 0.25) is 0 Å². The van der Waals surface area contributed by atoms with Crippen molar-refractivity contribution in [2.75, 3.05) is 19.6 Å². The summed E-state index contributed by atoms with van der Waals surface area (Å²) in [6.45, 7) is 3.49. The quantitative estimate of drug-likeness (QED) is 0.898. The smallest absolute Gasteiger partial charge is 0.246 e. The van der Waals surface area contributed by atoms with Crippen molar-refractivity contribution in [3.8, 4) is 5.69 Å². The Kier molecular flexibility index (Phi) is 5.41. The third-order valence-corrected chi connectivity index (χ3v) is 5.67. The molecule has 0 spiro atoms. The summed E-state index contributed by atoms with van der Waals surface area (Å²) >= 11 is 0. The number of rotatable bonds is 3. The molecule has 0 amide bonds. The molecule has 0 aliphatic carbocycles. The first kappa shape index (κ1) is 17.9. The highest BCUT2D eigenvalue weighted by atomic mass is 35.5. The molecule has 126 valence electrons. The topological polar surface area (TPSA) is 67.2 Å². The van der Waals surface area contributed by atoms with Gasteiger partial charge in [-0.25, -0.2) is 17.5 Å². The molecule has 3 rings (SSSR count). The predicted octanol–water partition coefficient (Wildman–Crippen LogP) is 1.42. The first-order valence-corrected chi connectivity index (χ1v) is 8.46. The van der Waals surface area contributed by atoms with Gasteiger partial charge in [0.25, 0.3) is 0 Å². The number of sulfonamides is 1. The highest BCUT2D eigenvalue weighted by Gasteiger charge is 2.32. The molecular formula is C14H18ClFN4O2S. The number of nitrogens with one attached hydrogen (secondary N) is 1. The van der Waals surface area contributed by atoms with E-state index in [0.29, 0.717) is 19.6 Å². The van der Waals surface area contributed by atoms with Crippen LogP contribution < -0.4 is 5.32 Å².